The van der Waals surface area contributed by atoms with Gasteiger partial charge < -0.3 is 5.32 Å². The Bertz CT molecular complexity index is 325. The van der Waals surface area contributed by atoms with Crippen molar-refractivity contribution < 1.29 is 0 Å². The Balaban J connectivity index is 1.89. The Morgan fingerprint density at radius 2 is 1.94 bits per heavy atom. The van der Waals surface area contributed by atoms with Crippen molar-refractivity contribution in [1.29, 1.82) is 0 Å². The molecule has 0 radical (unpaired) electrons. The monoisotopic (exact) mass is 232 g/mol. The molecule has 1 atom stereocenters. The summed E-state index contributed by atoms with van der Waals surface area (Å²) < 4.78 is 0. The summed E-state index contributed by atoms with van der Waals surface area (Å²) >= 11 is 0. The van der Waals surface area contributed by atoms with E-state index >= 15 is 0 Å². The number of likely N-dealkylation sites (N-methyl/N-ethyl adjacent to an activating group) is 1. The van der Waals surface area contributed by atoms with Crippen LogP contribution < -0.4 is 5.32 Å². The quantitative estimate of drug-likeness (QED) is 0.857. The lowest BCUT2D eigenvalue weighted by molar-refractivity contribution is 0.196. The van der Waals surface area contributed by atoms with Crippen LogP contribution in [-0.2, 0) is 13.0 Å². The highest BCUT2D eigenvalue weighted by atomic mass is 15.2. The molecule has 1 saturated heterocycles. The van der Waals surface area contributed by atoms with Crippen LogP contribution in [0.25, 0.3) is 0 Å². The number of hydrogen-bond donors (Lipinski definition) is 1. The molecule has 0 spiro atoms. The maximum Gasteiger partial charge on any atom is 0.0234 e. The molecule has 1 aliphatic heterocycles. The molecule has 2 heteroatoms. The van der Waals surface area contributed by atoms with Gasteiger partial charge in [-0.05, 0) is 44.0 Å². The van der Waals surface area contributed by atoms with Gasteiger partial charge in [0.15, 0.2) is 0 Å². The van der Waals surface area contributed by atoms with Gasteiger partial charge in [-0.3, -0.25) is 4.90 Å². The van der Waals surface area contributed by atoms with Gasteiger partial charge >= 0.3 is 0 Å². The molecule has 1 N–H and O–H groups in total. The van der Waals surface area contributed by atoms with E-state index in [1.807, 2.05) is 0 Å². The molecule has 2 rings (SSSR count). The SMILES string of the molecule is CCc1ccc(CN(C)C2CCCNC2)cc1. The van der Waals surface area contributed by atoms with Gasteiger partial charge in [0.25, 0.3) is 0 Å². The van der Waals surface area contributed by atoms with Crippen molar-refractivity contribution in [2.24, 2.45) is 0 Å². The van der Waals surface area contributed by atoms with E-state index in [1.54, 1.807) is 0 Å². The lowest BCUT2D eigenvalue weighted by atomic mass is 10.0. The maximum atomic E-state index is 3.48. The van der Waals surface area contributed by atoms with E-state index in [1.165, 1.54) is 30.5 Å². The molecular formula is C15H24N2. The molecule has 1 aliphatic rings. The number of hydrogen-bond acceptors (Lipinski definition) is 2. The van der Waals surface area contributed by atoms with Gasteiger partial charge in [-0.2, -0.15) is 0 Å². The summed E-state index contributed by atoms with van der Waals surface area (Å²) in [7, 11) is 2.24. The number of nitrogens with zero attached hydrogens (tertiary/aromatic N) is 1. The predicted octanol–water partition coefficient (Wildman–Crippen LogP) is 2.43. The van der Waals surface area contributed by atoms with E-state index < -0.39 is 0 Å². The minimum absolute atomic E-state index is 0.703. The zero-order valence-electron chi connectivity index (χ0n) is 11.1. The molecule has 1 aromatic rings. The lowest BCUT2D eigenvalue weighted by Gasteiger charge is -2.31. The first-order valence-corrected chi connectivity index (χ1v) is 6.78. The standard InChI is InChI=1S/C15H24N2/c1-3-13-6-8-14(9-7-13)12-17(2)15-5-4-10-16-11-15/h6-9,15-16H,3-5,10-12H2,1-2H3. The van der Waals surface area contributed by atoms with E-state index in [-0.39, 0.29) is 0 Å². The molecule has 1 fully saturated rings. The van der Waals surface area contributed by atoms with Crippen LogP contribution in [0.15, 0.2) is 24.3 Å². The molecule has 1 unspecified atom stereocenters. The number of nitrogens with one attached hydrogen (secondary N) is 1. The molecule has 1 heterocycles. The van der Waals surface area contributed by atoms with E-state index in [4.69, 9.17) is 0 Å². The van der Waals surface area contributed by atoms with Crippen molar-refractivity contribution in [3.8, 4) is 0 Å². The van der Waals surface area contributed by atoms with Gasteiger partial charge in [0.05, 0.1) is 0 Å². The molecule has 0 amide bonds. The van der Waals surface area contributed by atoms with Crippen LogP contribution in [0.3, 0.4) is 0 Å². The Hall–Kier alpha value is -0.860. The lowest BCUT2D eigenvalue weighted by Crippen LogP contribution is -2.43. The summed E-state index contributed by atoms with van der Waals surface area (Å²) in [5.74, 6) is 0. The summed E-state index contributed by atoms with van der Waals surface area (Å²) in [6.07, 6.45) is 3.77. The fourth-order valence-electron chi connectivity index (χ4n) is 2.51. The van der Waals surface area contributed by atoms with Gasteiger partial charge in [0.1, 0.15) is 0 Å². The second-order valence-electron chi connectivity index (χ2n) is 5.09. The largest absolute Gasteiger partial charge is 0.315 e. The summed E-state index contributed by atoms with van der Waals surface area (Å²) in [5.41, 5.74) is 2.85. The second kappa shape index (κ2) is 6.18. The van der Waals surface area contributed by atoms with Crippen LogP contribution in [0.2, 0.25) is 0 Å². The Labute approximate surface area is 105 Å². The first kappa shape index (κ1) is 12.6. The average molecular weight is 232 g/mol. The van der Waals surface area contributed by atoms with Gasteiger partial charge in [0.2, 0.25) is 0 Å². The number of rotatable bonds is 4. The van der Waals surface area contributed by atoms with Gasteiger partial charge in [0, 0.05) is 19.1 Å². The van der Waals surface area contributed by atoms with Crippen LogP contribution >= 0.6 is 0 Å². The molecule has 0 aliphatic carbocycles. The summed E-state index contributed by atoms with van der Waals surface area (Å²) in [5, 5.41) is 3.48. The van der Waals surface area contributed by atoms with Crippen LogP contribution in [0.4, 0.5) is 0 Å². The first-order chi connectivity index (χ1) is 8.29. The van der Waals surface area contributed by atoms with Crippen LogP contribution in [0.1, 0.15) is 30.9 Å². The first-order valence-electron chi connectivity index (χ1n) is 6.78. The highest BCUT2D eigenvalue weighted by molar-refractivity contribution is 5.22. The topological polar surface area (TPSA) is 15.3 Å². The fourth-order valence-corrected chi connectivity index (χ4v) is 2.51. The van der Waals surface area contributed by atoms with Crippen molar-refractivity contribution in [1.82, 2.24) is 10.2 Å². The van der Waals surface area contributed by atoms with Gasteiger partial charge in [-0.1, -0.05) is 31.2 Å². The fraction of sp³-hybridized carbons (Fsp3) is 0.600. The third-order valence-electron chi connectivity index (χ3n) is 3.76. The Morgan fingerprint density at radius 1 is 1.24 bits per heavy atom. The number of piperidine rings is 1. The number of aryl methyl sites for hydroxylation is 1. The third kappa shape index (κ3) is 3.55. The summed E-state index contributed by atoms with van der Waals surface area (Å²) in [6.45, 7) is 5.60. The minimum Gasteiger partial charge on any atom is -0.315 e. The van der Waals surface area contributed by atoms with E-state index in [0.717, 1.165) is 19.5 Å². The molecule has 94 valence electrons. The van der Waals surface area contributed by atoms with E-state index in [2.05, 4.69) is 48.5 Å². The number of benzene rings is 1. The summed E-state index contributed by atoms with van der Waals surface area (Å²) in [6, 6.07) is 9.75. The van der Waals surface area contributed by atoms with Crippen LogP contribution in [0.5, 0.6) is 0 Å². The zero-order valence-corrected chi connectivity index (χ0v) is 11.1. The molecule has 0 aromatic heterocycles. The zero-order chi connectivity index (χ0) is 12.1. The molecule has 2 nitrogen and oxygen atoms in total. The van der Waals surface area contributed by atoms with Crippen LogP contribution in [0, 0.1) is 0 Å². The molecule has 0 saturated carbocycles. The highest BCUT2D eigenvalue weighted by Crippen LogP contribution is 2.13. The van der Waals surface area contributed by atoms with E-state index in [9.17, 15) is 0 Å². The average Bonchev–Trinajstić information content (AvgIpc) is 2.40. The highest BCUT2D eigenvalue weighted by Gasteiger charge is 2.17. The third-order valence-corrected chi connectivity index (χ3v) is 3.76. The molecule has 17 heavy (non-hydrogen) atoms. The normalized spacial score (nSPS) is 20.8. The van der Waals surface area contributed by atoms with Crippen molar-refractivity contribution in [3.05, 3.63) is 35.4 Å². The van der Waals surface area contributed by atoms with Crippen molar-refractivity contribution in [3.63, 3.8) is 0 Å². The van der Waals surface area contributed by atoms with Crippen molar-refractivity contribution >= 4 is 0 Å². The van der Waals surface area contributed by atoms with Gasteiger partial charge in [-0.15, -0.1) is 0 Å². The summed E-state index contributed by atoms with van der Waals surface area (Å²) in [4.78, 5) is 2.48. The van der Waals surface area contributed by atoms with Crippen molar-refractivity contribution in [2.45, 2.75) is 38.8 Å². The molecule has 1 aromatic carbocycles. The maximum absolute atomic E-state index is 3.48. The molecular weight excluding hydrogens is 208 g/mol. The minimum atomic E-state index is 0.703. The Morgan fingerprint density at radius 3 is 2.53 bits per heavy atom. The Kier molecular flexibility index (Phi) is 4.57. The predicted molar refractivity (Wildman–Crippen MR) is 73.2 cm³/mol. The molecule has 0 bridgehead atoms. The van der Waals surface area contributed by atoms with Crippen molar-refractivity contribution in [2.75, 3.05) is 20.1 Å². The van der Waals surface area contributed by atoms with Crippen LogP contribution in [-0.4, -0.2) is 31.1 Å². The van der Waals surface area contributed by atoms with Gasteiger partial charge in [-0.25, -0.2) is 0 Å². The van der Waals surface area contributed by atoms with E-state index in [0.29, 0.717) is 6.04 Å². The smallest absolute Gasteiger partial charge is 0.0234 e. The second-order valence-corrected chi connectivity index (χ2v) is 5.09.